The Kier molecular flexibility index (Phi) is 17.0. The van der Waals surface area contributed by atoms with Crippen molar-refractivity contribution in [1.29, 1.82) is 0 Å². The third-order valence-corrected chi connectivity index (χ3v) is 4.93. The fourth-order valence-corrected chi connectivity index (χ4v) is 3.29. The van der Waals surface area contributed by atoms with E-state index in [1.807, 2.05) is 0 Å². The average Bonchev–Trinajstić information content (AvgIpc) is 2.56. The van der Waals surface area contributed by atoms with Crippen molar-refractivity contribution < 1.29 is 19.8 Å². The van der Waals surface area contributed by atoms with Crippen molar-refractivity contribution in [2.75, 3.05) is 0 Å². The van der Waals surface area contributed by atoms with E-state index >= 15 is 0 Å². The lowest BCUT2D eigenvalue weighted by Crippen LogP contribution is -2.17. The van der Waals surface area contributed by atoms with Crippen molar-refractivity contribution in [2.24, 2.45) is 5.92 Å². The monoisotopic (exact) mass is 356 g/mol. The van der Waals surface area contributed by atoms with Gasteiger partial charge in [0.15, 0.2) is 0 Å². The van der Waals surface area contributed by atoms with Gasteiger partial charge in [-0.05, 0) is 6.42 Å². The van der Waals surface area contributed by atoms with Gasteiger partial charge in [-0.2, -0.15) is 0 Å². The van der Waals surface area contributed by atoms with E-state index in [0.29, 0.717) is 6.42 Å². The predicted molar refractivity (Wildman–Crippen MR) is 103 cm³/mol. The molecule has 0 rings (SSSR count). The minimum atomic E-state index is -1.02. The second-order valence-electron chi connectivity index (χ2n) is 7.37. The SMILES string of the molecule is CCCCCCCCCCCCCCCCC[C@@H](CC(=O)O)C(=O)O. The molecule has 2 N–H and O–H groups in total. The number of rotatable bonds is 19. The van der Waals surface area contributed by atoms with Crippen LogP contribution in [0.5, 0.6) is 0 Å². The molecule has 0 bridgehead atoms. The lowest BCUT2D eigenvalue weighted by atomic mass is 9.97. The third-order valence-electron chi connectivity index (χ3n) is 4.93. The number of hydrogen-bond acceptors (Lipinski definition) is 2. The Morgan fingerprint density at radius 2 is 1.00 bits per heavy atom. The van der Waals surface area contributed by atoms with Crippen molar-refractivity contribution in [1.82, 2.24) is 0 Å². The van der Waals surface area contributed by atoms with Crippen LogP contribution in [0.2, 0.25) is 0 Å². The molecule has 4 nitrogen and oxygen atoms in total. The molecule has 0 aromatic carbocycles. The molecule has 0 saturated carbocycles. The Labute approximate surface area is 154 Å². The van der Waals surface area contributed by atoms with Crippen LogP contribution in [0, 0.1) is 5.92 Å². The van der Waals surface area contributed by atoms with Gasteiger partial charge in [0, 0.05) is 0 Å². The van der Waals surface area contributed by atoms with Gasteiger partial charge in [-0.25, -0.2) is 0 Å². The minimum Gasteiger partial charge on any atom is -0.481 e. The lowest BCUT2D eigenvalue weighted by Gasteiger charge is -2.09. The summed E-state index contributed by atoms with van der Waals surface area (Å²) in [6.45, 7) is 2.26. The summed E-state index contributed by atoms with van der Waals surface area (Å²) in [5, 5.41) is 17.7. The smallest absolute Gasteiger partial charge is 0.307 e. The van der Waals surface area contributed by atoms with E-state index in [4.69, 9.17) is 10.2 Å². The Morgan fingerprint density at radius 3 is 1.32 bits per heavy atom. The van der Waals surface area contributed by atoms with Crippen LogP contribution in [0.3, 0.4) is 0 Å². The summed E-state index contributed by atoms with van der Waals surface area (Å²) in [6.07, 6.45) is 19.4. The van der Waals surface area contributed by atoms with Gasteiger partial charge in [-0.3, -0.25) is 9.59 Å². The summed E-state index contributed by atoms with van der Waals surface area (Å²) < 4.78 is 0. The minimum absolute atomic E-state index is 0.256. The van der Waals surface area contributed by atoms with Gasteiger partial charge in [-0.15, -0.1) is 0 Å². The molecule has 25 heavy (non-hydrogen) atoms. The van der Waals surface area contributed by atoms with Gasteiger partial charge in [0.2, 0.25) is 0 Å². The first-order valence-electron chi connectivity index (χ1n) is 10.5. The van der Waals surface area contributed by atoms with E-state index in [2.05, 4.69) is 6.92 Å². The molecule has 0 heterocycles. The first-order valence-corrected chi connectivity index (χ1v) is 10.5. The molecular formula is C21H40O4. The van der Waals surface area contributed by atoms with Gasteiger partial charge in [0.25, 0.3) is 0 Å². The zero-order valence-electron chi connectivity index (χ0n) is 16.3. The summed E-state index contributed by atoms with van der Waals surface area (Å²) in [5.41, 5.74) is 0. The molecule has 148 valence electrons. The van der Waals surface area contributed by atoms with Crippen LogP contribution in [0.1, 0.15) is 116 Å². The predicted octanol–water partition coefficient (Wildman–Crippen LogP) is 6.42. The van der Waals surface area contributed by atoms with Gasteiger partial charge in [-0.1, -0.05) is 103 Å². The standard InChI is InChI=1S/C21H40O4/c1-2-3-4-5-6-7-8-9-10-11-12-13-14-15-16-17-19(21(24)25)18-20(22)23/h19H,2-18H2,1H3,(H,22,23)(H,24,25)/t19-/m0/s1. The fourth-order valence-electron chi connectivity index (χ4n) is 3.29. The van der Waals surface area contributed by atoms with Crippen molar-refractivity contribution >= 4 is 11.9 Å². The van der Waals surface area contributed by atoms with Crippen LogP contribution in [-0.2, 0) is 9.59 Å². The first kappa shape index (κ1) is 23.9. The highest BCUT2D eigenvalue weighted by molar-refractivity contribution is 5.77. The molecule has 0 radical (unpaired) electrons. The Morgan fingerprint density at radius 1 is 0.640 bits per heavy atom. The molecule has 0 saturated heterocycles. The molecular weight excluding hydrogens is 316 g/mol. The summed E-state index contributed by atoms with van der Waals surface area (Å²) in [6, 6.07) is 0. The van der Waals surface area contributed by atoms with Crippen molar-refractivity contribution in [2.45, 2.75) is 116 Å². The zero-order valence-corrected chi connectivity index (χ0v) is 16.3. The molecule has 4 heteroatoms. The number of unbranched alkanes of at least 4 members (excludes halogenated alkanes) is 14. The number of carboxylic acids is 2. The average molecular weight is 357 g/mol. The molecule has 0 aliphatic rings. The van der Waals surface area contributed by atoms with Crippen molar-refractivity contribution in [3.8, 4) is 0 Å². The fraction of sp³-hybridized carbons (Fsp3) is 0.905. The van der Waals surface area contributed by atoms with Crippen molar-refractivity contribution in [3.63, 3.8) is 0 Å². The summed E-state index contributed by atoms with van der Waals surface area (Å²) in [7, 11) is 0. The molecule has 1 atom stereocenters. The Hall–Kier alpha value is -1.06. The molecule has 0 unspecified atom stereocenters. The molecule has 0 aliphatic carbocycles. The number of carboxylic acid groups (broad SMARTS) is 2. The topological polar surface area (TPSA) is 74.6 Å². The molecule has 0 aliphatic heterocycles. The maximum atomic E-state index is 11.0. The van der Waals surface area contributed by atoms with Crippen LogP contribution in [0.25, 0.3) is 0 Å². The maximum Gasteiger partial charge on any atom is 0.307 e. The van der Waals surface area contributed by atoms with Gasteiger partial charge < -0.3 is 10.2 Å². The number of aliphatic carboxylic acids is 2. The molecule has 0 fully saturated rings. The molecule has 0 spiro atoms. The van der Waals surface area contributed by atoms with E-state index in [1.54, 1.807) is 0 Å². The van der Waals surface area contributed by atoms with Crippen LogP contribution in [-0.4, -0.2) is 22.2 Å². The van der Waals surface area contributed by atoms with E-state index in [1.165, 1.54) is 77.0 Å². The quantitative estimate of drug-likeness (QED) is 0.262. The van der Waals surface area contributed by atoms with Crippen LogP contribution in [0.4, 0.5) is 0 Å². The van der Waals surface area contributed by atoms with Crippen LogP contribution < -0.4 is 0 Å². The van der Waals surface area contributed by atoms with Crippen LogP contribution >= 0.6 is 0 Å². The maximum absolute atomic E-state index is 11.0. The van der Waals surface area contributed by atoms with Gasteiger partial charge in [0.05, 0.1) is 12.3 Å². The van der Waals surface area contributed by atoms with E-state index in [0.717, 1.165) is 19.3 Å². The third kappa shape index (κ3) is 17.6. The van der Waals surface area contributed by atoms with Crippen LogP contribution in [0.15, 0.2) is 0 Å². The normalized spacial score (nSPS) is 12.2. The van der Waals surface area contributed by atoms with Gasteiger partial charge in [0.1, 0.15) is 0 Å². The van der Waals surface area contributed by atoms with E-state index in [-0.39, 0.29) is 6.42 Å². The second-order valence-corrected chi connectivity index (χ2v) is 7.37. The Bertz CT molecular complexity index is 328. The highest BCUT2D eigenvalue weighted by Gasteiger charge is 2.20. The summed E-state index contributed by atoms with van der Waals surface area (Å²) in [4.78, 5) is 21.6. The number of carbonyl (C=O) groups is 2. The lowest BCUT2D eigenvalue weighted by molar-refractivity contribution is -0.148. The molecule has 0 aromatic rings. The highest BCUT2D eigenvalue weighted by Crippen LogP contribution is 2.17. The second kappa shape index (κ2) is 17.8. The summed E-state index contributed by atoms with van der Waals surface area (Å²) >= 11 is 0. The van der Waals surface area contributed by atoms with E-state index < -0.39 is 17.9 Å². The van der Waals surface area contributed by atoms with Crippen molar-refractivity contribution in [3.05, 3.63) is 0 Å². The number of hydrogen-bond donors (Lipinski definition) is 2. The zero-order chi connectivity index (χ0) is 18.8. The van der Waals surface area contributed by atoms with E-state index in [9.17, 15) is 9.59 Å². The largest absolute Gasteiger partial charge is 0.481 e. The molecule has 0 amide bonds. The summed E-state index contributed by atoms with van der Waals surface area (Å²) in [5.74, 6) is -2.72. The highest BCUT2D eigenvalue weighted by atomic mass is 16.4. The van der Waals surface area contributed by atoms with Gasteiger partial charge >= 0.3 is 11.9 Å². The molecule has 0 aromatic heterocycles. The first-order chi connectivity index (χ1) is 12.1. The Balaban J connectivity index is 3.28.